The molecule has 0 aromatic heterocycles. The summed E-state index contributed by atoms with van der Waals surface area (Å²) in [7, 11) is 0. The molecule has 3 aromatic rings. The van der Waals surface area contributed by atoms with Crippen LogP contribution in [0.4, 0.5) is 17.1 Å². The molecule has 0 aliphatic heterocycles. The first-order valence-corrected chi connectivity index (χ1v) is 9.26. The number of nitro groups is 3. The summed E-state index contributed by atoms with van der Waals surface area (Å²) in [5, 5.41) is 55.8. The molecule has 37 heavy (non-hydrogen) atoms. The molecule has 3 N–H and O–H groups in total. The minimum atomic E-state index is -1.09. The van der Waals surface area contributed by atoms with Crippen molar-refractivity contribution in [1.82, 2.24) is 0 Å². The molecule has 0 fully saturated rings. The molecule has 3 rings (SSSR count). The predicted octanol–water partition coefficient (Wildman–Crippen LogP) is 3.88. The molecule has 0 aliphatic carbocycles. The SMILES string of the molecule is O=C(O)c1ccc([N+](=O)[O-])cc1.O=C(O)c1ccc([N+](=O)[O-])cc1.O=C(O)c1ccc([N+](=O)[O-])cc1.[Dy]. The molecule has 196 valence electrons. The first kappa shape index (κ1) is 32.5. The molecule has 3 aromatic carbocycles. The molecule has 0 saturated carbocycles. The second-order valence-electron chi connectivity index (χ2n) is 6.33. The van der Waals surface area contributed by atoms with Gasteiger partial charge in [-0.3, -0.25) is 30.3 Å². The Kier molecular flexibility index (Phi) is 13.7. The van der Waals surface area contributed by atoms with Crippen LogP contribution >= 0.6 is 0 Å². The van der Waals surface area contributed by atoms with Crippen LogP contribution in [-0.4, -0.2) is 48.0 Å². The third-order valence-electron chi connectivity index (χ3n) is 3.98. The number of hydrogen-bond donors (Lipinski definition) is 3. The van der Waals surface area contributed by atoms with E-state index in [-0.39, 0.29) is 71.9 Å². The van der Waals surface area contributed by atoms with Gasteiger partial charge in [0.1, 0.15) is 0 Å². The summed E-state index contributed by atoms with van der Waals surface area (Å²) in [4.78, 5) is 59.6. The van der Waals surface area contributed by atoms with Crippen LogP contribution in [0.1, 0.15) is 31.1 Å². The molecule has 16 heteroatoms. The van der Waals surface area contributed by atoms with Gasteiger partial charge in [-0.15, -0.1) is 0 Å². The van der Waals surface area contributed by atoms with E-state index in [1.165, 1.54) is 36.4 Å². The Labute approximate surface area is 236 Å². The molecular formula is C21H15DyN3O12. The maximum absolute atomic E-state index is 10.3. The molecule has 15 nitrogen and oxygen atoms in total. The zero-order chi connectivity index (χ0) is 27.4. The maximum Gasteiger partial charge on any atom is 0.335 e. The Balaban J connectivity index is 0.000000518. The Morgan fingerprint density at radius 3 is 0.730 bits per heavy atom. The fourth-order valence-electron chi connectivity index (χ4n) is 2.18. The Bertz CT molecular complexity index is 1020. The second-order valence-corrected chi connectivity index (χ2v) is 6.33. The van der Waals surface area contributed by atoms with Crippen molar-refractivity contribution in [3.8, 4) is 0 Å². The fourth-order valence-corrected chi connectivity index (χ4v) is 2.18. The third kappa shape index (κ3) is 11.2. The van der Waals surface area contributed by atoms with Crippen LogP contribution in [0.3, 0.4) is 0 Å². The van der Waals surface area contributed by atoms with Gasteiger partial charge in [-0.1, -0.05) is 0 Å². The number of nitro benzene ring substituents is 3. The van der Waals surface area contributed by atoms with Gasteiger partial charge in [0, 0.05) is 74.6 Å². The van der Waals surface area contributed by atoms with Gasteiger partial charge in [0.15, 0.2) is 0 Å². The van der Waals surface area contributed by atoms with E-state index in [0.29, 0.717) is 0 Å². The van der Waals surface area contributed by atoms with Crippen molar-refractivity contribution in [1.29, 1.82) is 0 Å². The topological polar surface area (TPSA) is 241 Å². The van der Waals surface area contributed by atoms with Gasteiger partial charge in [0.25, 0.3) is 17.1 Å². The molecule has 0 unspecified atom stereocenters. The molecule has 0 aliphatic rings. The molecule has 0 spiro atoms. The van der Waals surface area contributed by atoms with Crippen LogP contribution < -0.4 is 0 Å². The second kappa shape index (κ2) is 15.5. The number of carboxylic acid groups (broad SMARTS) is 3. The number of nitrogens with zero attached hydrogens (tertiary/aromatic N) is 3. The van der Waals surface area contributed by atoms with Crippen LogP contribution in [0.5, 0.6) is 0 Å². The van der Waals surface area contributed by atoms with Crippen LogP contribution in [0, 0.1) is 68.5 Å². The number of rotatable bonds is 6. The van der Waals surface area contributed by atoms with E-state index in [2.05, 4.69) is 0 Å². The molecule has 0 heterocycles. The van der Waals surface area contributed by atoms with E-state index in [9.17, 15) is 44.7 Å². The molecule has 0 saturated heterocycles. The van der Waals surface area contributed by atoms with E-state index in [1.807, 2.05) is 0 Å². The summed E-state index contributed by atoms with van der Waals surface area (Å²) in [5.74, 6) is -3.28. The summed E-state index contributed by atoms with van der Waals surface area (Å²) >= 11 is 0. The average molecular weight is 664 g/mol. The Morgan fingerprint density at radius 1 is 0.459 bits per heavy atom. The first-order valence-electron chi connectivity index (χ1n) is 9.26. The number of aromatic carboxylic acids is 3. The quantitative estimate of drug-likeness (QED) is 0.251. The minimum Gasteiger partial charge on any atom is -0.478 e. The van der Waals surface area contributed by atoms with Gasteiger partial charge in [0.2, 0.25) is 0 Å². The number of carboxylic acids is 3. The monoisotopic (exact) mass is 665 g/mol. The van der Waals surface area contributed by atoms with E-state index in [1.54, 1.807) is 0 Å². The predicted molar refractivity (Wildman–Crippen MR) is 120 cm³/mol. The summed E-state index contributed by atoms with van der Waals surface area (Å²) in [6.07, 6.45) is 0. The molecule has 0 atom stereocenters. The summed E-state index contributed by atoms with van der Waals surface area (Å²) in [5.41, 5.74) is -0.207. The van der Waals surface area contributed by atoms with Gasteiger partial charge in [-0.25, -0.2) is 14.4 Å². The van der Waals surface area contributed by atoms with Crippen LogP contribution in [0.15, 0.2) is 72.8 Å². The van der Waals surface area contributed by atoms with Crippen molar-refractivity contribution in [3.05, 3.63) is 120 Å². The van der Waals surface area contributed by atoms with E-state index in [4.69, 9.17) is 15.3 Å². The van der Waals surface area contributed by atoms with Crippen molar-refractivity contribution in [2.45, 2.75) is 0 Å². The fraction of sp³-hybridized carbons (Fsp3) is 0. The molecular weight excluding hydrogens is 649 g/mol. The van der Waals surface area contributed by atoms with Crippen LogP contribution in [0.25, 0.3) is 0 Å². The normalized spacial score (nSPS) is 9.08. The third-order valence-corrected chi connectivity index (χ3v) is 3.98. The van der Waals surface area contributed by atoms with E-state index >= 15 is 0 Å². The number of non-ortho nitro benzene ring substituents is 3. The Hall–Kier alpha value is -4.46. The van der Waals surface area contributed by atoms with Crippen molar-refractivity contribution in [2.75, 3.05) is 0 Å². The smallest absolute Gasteiger partial charge is 0.335 e. The number of carbonyl (C=O) groups is 3. The number of hydrogen-bond acceptors (Lipinski definition) is 9. The zero-order valence-corrected chi connectivity index (χ0v) is 20.1. The van der Waals surface area contributed by atoms with Gasteiger partial charge in [-0.2, -0.15) is 0 Å². The van der Waals surface area contributed by atoms with Gasteiger partial charge >= 0.3 is 17.9 Å². The van der Waals surface area contributed by atoms with E-state index in [0.717, 1.165) is 36.4 Å². The molecule has 0 bridgehead atoms. The van der Waals surface area contributed by atoms with Crippen molar-refractivity contribution < 1.29 is 82.6 Å². The van der Waals surface area contributed by atoms with Gasteiger partial charge < -0.3 is 15.3 Å². The van der Waals surface area contributed by atoms with Crippen LogP contribution in [0.2, 0.25) is 0 Å². The summed E-state index contributed by atoms with van der Waals surface area (Å²) in [6, 6.07) is 14.1. The average Bonchev–Trinajstić information content (AvgIpc) is 2.84. The van der Waals surface area contributed by atoms with Gasteiger partial charge in [0.05, 0.1) is 31.5 Å². The molecule has 0 radical (unpaired) electrons. The zero-order valence-electron chi connectivity index (χ0n) is 18.1. The van der Waals surface area contributed by atoms with Gasteiger partial charge in [-0.05, 0) is 36.4 Å². The van der Waals surface area contributed by atoms with Crippen molar-refractivity contribution in [3.63, 3.8) is 0 Å². The van der Waals surface area contributed by atoms with Crippen LogP contribution in [-0.2, 0) is 0 Å². The Morgan fingerprint density at radius 2 is 0.622 bits per heavy atom. The summed E-state index contributed by atoms with van der Waals surface area (Å²) < 4.78 is 0. The first-order chi connectivity index (χ1) is 16.8. The number of benzene rings is 3. The van der Waals surface area contributed by atoms with Crippen molar-refractivity contribution >= 4 is 35.0 Å². The maximum atomic E-state index is 10.3. The van der Waals surface area contributed by atoms with Crippen molar-refractivity contribution in [2.24, 2.45) is 0 Å². The minimum absolute atomic E-state index is 0. The van der Waals surface area contributed by atoms with E-state index < -0.39 is 32.7 Å². The standard InChI is InChI=1S/3C7H5NO4.Dy/c3*9-7(10)5-1-3-6(4-2-5)8(11)12;/h3*1-4H,(H,9,10);. The summed E-state index contributed by atoms with van der Waals surface area (Å²) in [6.45, 7) is 0. The molecule has 0 amide bonds. The largest absolute Gasteiger partial charge is 0.478 e.